The normalized spacial score (nSPS) is 11.8. The quantitative estimate of drug-likeness (QED) is 0.574. The van der Waals surface area contributed by atoms with Crippen molar-refractivity contribution in [2.75, 3.05) is 0 Å². The highest BCUT2D eigenvalue weighted by atomic mass is 35.5. The van der Waals surface area contributed by atoms with Crippen LogP contribution < -0.4 is 0 Å². The van der Waals surface area contributed by atoms with Crippen LogP contribution in [0.3, 0.4) is 0 Å². The molecule has 0 aliphatic heterocycles. The molecule has 106 valence electrons. The molecular formula is C12H4Cl4F3N. The van der Waals surface area contributed by atoms with Gasteiger partial charge in [0, 0.05) is 10.6 Å². The van der Waals surface area contributed by atoms with Gasteiger partial charge in [-0.3, -0.25) is 0 Å². The Morgan fingerprint density at radius 1 is 0.850 bits per heavy atom. The van der Waals surface area contributed by atoms with E-state index in [1.165, 1.54) is 12.1 Å². The number of hydrogen-bond donors (Lipinski definition) is 0. The zero-order valence-electron chi connectivity index (χ0n) is 9.40. The van der Waals surface area contributed by atoms with Gasteiger partial charge < -0.3 is 0 Å². The second-order valence-corrected chi connectivity index (χ2v) is 5.43. The van der Waals surface area contributed by atoms with E-state index in [0.717, 1.165) is 12.1 Å². The third kappa shape index (κ3) is 3.14. The summed E-state index contributed by atoms with van der Waals surface area (Å²) in [6, 6.07) is 4.57. The molecule has 0 unspecified atom stereocenters. The van der Waals surface area contributed by atoms with E-state index in [2.05, 4.69) is 4.98 Å². The van der Waals surface area contributed by atoms with Gasteiger partial charge in [0.25, 0.3) is 0 Å². The second kappa shape index (κ2) is 5.60. The van der Waals surface area contributed by atoms with E-state index in [9.17, 15) is 13.2 Å². The van der Waals surface area contributed by atoms with Gasteiger partial charge >= 0.3 is 6.18 Å². The largest absolute Gasteiger partial charge is 0.433 e. The van der Waals surface area contributed by atoms with Crippen molar-refractivity contribution in [3.05, 3.63) is 50.0 Å². The average Bonchev–Trinajstić information content (AvgIpc) is 2.28. The molecule has 0 aliphatic carbocycles. The molecule has 0 fully saturated rings. The van der Waals surface area contributed by atoms with E-state index in [-0.39, 0.29) is 31.3 Å². The molecule has 1 aromatic heterocycles. The molecular weight excluding hydrogens is 357 g/mol. The molecule has 1 heterocycles. The number of benzene rings is 1. The van der Waals surface area contributed by atoms with E-state index < -0.39 is 11.9 Å². The minimum atomic E-state index is -4.59. The lowest BCUT2D eigenvalue weighted by atomic mass is 10.1. The highest BCUT2D eigenvalue weighted by Crippen LogP contribution is 2.40. The van der Waals surface area contributed by atoms with Crippen LogP contribution in [0.5, 0.6) is 0 Å². The molecule has 20 heavy (non-hydrogen) atoms. The molecule has 0 amide bonds. The summed E-state index contributed by atoms with van der Waals surface area (Å²) in [6.45, 7) is 0. The minimum absolute atomic E-state index is 0.00382. The lowest BCUT2D eigenvalue weighted by molar-refractivity contribution is -0.141. The van der Waals surface area contributed by atoms with Crippen molar-refractivity contribution >= 4 is 46.4 Å². The number of nitrogens with zero attached hydrogens (tertiary/aromatic N) is 1. The van der Waals surface area contributed by atoms with E-state index in [4.69, 9.17) is 46.4 Å². The van der Waals surface area contributed by atoms with Crippen LogP contribution in [-0.4, -0.2) is 4.98 Å². The first-order valence-electron chi connectivity index (χ1n) is 5.09. The van der Waals surface area contributed by atoms with Gasteiger partial charge in [-0.1, -0.05) is 46.4 Å². The Labute approximate surface area is 132 Å². The van der Waals surface area contributed by atoms with Crippen molar-refractivity contribution in [2.24, 2.45) is 0 Å². The maximum Gasteiger partial charge on any atom is 0.433 e. The smallest absolute Gasteiger partial charge is 0.242 e. The van der Waals surface area contributed by atoms with Gasteiger partial charge in [0.15, 0.2) is 0 Å². The van der Waals surface area contributed by atoms with Crippen LogP contribution in [0, 0.1) is 0 Å². The summed E-state index contributed by atoms with van der Waals surface area (Å²) in [4.78, 5) is 3.50. The van der Waals surface area contributed by atoms with Crippen molar-refractivity contribution in [2.45, 2.75) is 6.18 Å². The van der Waals surface area contributed by atoms with Crippen LogP contribution in [0.25, 0.3) is 11.3 Å². The predicted molar refractivity (Wildman–Crippen MR) is 74.7 cm³/mol. The Hall–Kier alpha value is -0.680. The number of hydrogen-bond acceptors (Lipinski definition) is 1. The molecule has 0 aliphatic rings. The lowest BCUT2D eigenvalue weighted by Crippen LogP contribution is -2.08. The topological polar surface area (TPSA) is 12.9 Å². The Morgan fingerprint density at radius 2 is 1.40 bits per heavy atom. The average molecular weight is 361 g/mol. The molecule has 0 N–H and O–H groups in total. The highest BCUT2D eigenvalue weighted by Gasteiger charge is 2.33. The van der Waals surface area contributed by atoms with E-state index in [0.29, 0.717) is 0 Å². The maximum absolute atomic E-state index is 12.7. The fraction of sp³-hybridized carbons (Fsp3) is 0.0833. The molecule has 1 nitrogen and oxygen atoms in total. The first-order chi connectivity index (χ1) is 9.20. The standard InChI is InChI=1S/C12H4Cl4F3N/c13-5-3-7(15)10(8(16)4-5)11-6(14)1-2-9(20-11)12(17,18)19/h1-4H. The Bertz CT molecular complexity index is 647. The van der Waals surface area contributed by atoms with Crippen molar-refractivity contribution in [3.63, 3.8) is 0 Å². The van der Waals surface area contributed by atoms with Gasteiger partial charge in [-0.2, -0.15) is 13.2 Å². The van der Waals surface area contributed by atoms with Crippen LogP contribution >= 0.6 is 46.4 Å². The number of rotatable bonds is 1. The van der Waals surface area contributed by atoms with Crippen LogP contribution in [0.15, 0.2) is 24.3 Å². The molecule has 0 radical (unpaired) electrons. The minimum Gasteiger partial charge on any atom is -0.242 e. The Kier molecular flexibility index (Phi) is 4.40. The first-order valence-corrected chi connectivity index (χ1v) is 6.60. The highest BCUT2D eigenvalue weighted by molar-refractivity contribution is 6.43. The summed E-state index contributed by atoms with van der Waals surface area (Å²) < 4.78 is 38.1. The van der Waals surface area contributed by atoms with E-state index >= 15 is 0 Å². The Morgan fingerprint density at radius 3 is 1.90 bits per heavy atom. The maximum atomic E-state index is 12.7. The summed E-state index contributed by atoms with van der Waals surface area (Å²) in [5, 5.41) is 0.392. The number of aromatic nitrogens is 1. The fourth-order valence-corrected chi connectivity index (χ4v) is 2.74. The van der Waals surface area contributed by atoms with Gasteiger partial charge in [-0.05, 0) is 24.3 Å². The molecule has 1 aromatic carbocycles. The molecule has 2 aromatic rings. The SMILES string of the molecule is FC(F)(F)c1ccc(Cl)c(-c2c(Cl)cc(Cl)cc2Cl)n1. The van der Waals surface area contributed by atoms with Crippen LogP contribution in [0.1, 0.15) is 5.69 Å². The number of pyridine rings is 1. The summed E-state index contributed by atoms with van der Waals surface area (Å²) in [6.07, 6.45) is -4.59. The van der Waals surface area contributed by atoms with Crippen molar-refractivity contribution in [1.29, 1.82) is 0 Å². The monoisotopic (exact) mass is 359 g/mol. The zero-order valence-corrected chi connectivity index (χ0v) is 12.4. The van der Waals surface area contributed by atoms with Gasteiger partial charge in [0.2, 0.25) is 0 Å². The number of halogens is 7. The second-order valence-electron chi connectivity index (χ2n) is 3.77. The van der Waals surface area contributed by atoms with Gasteiger partial charge in [0.05, 0.1) is 20.8 Å². The third-order valence-electron chi connectivity index (χ3n) is 2.38. The summed E-state index contributed by atoms with van der Waals surface area (Å²) in [5.74, 6) is 0. The van der Waals surface area contributed by atoms with E-state index in [1.807, 2.05) is 0 Å². The first kappa shape index (κ1) is 15.7. The van der Waals surface area contributed by atoms with Crippen molar-refractivity contribution in [3.8, 4) is 11.3 Å². The summed E-state index contributed by atoms with van der Waals surface area (Å²) in [7, 11) is 0. The zero-order chi connectivity index (χ0) is 15.1. The summed E-state index contributed by atoms with van der Waals surface area (Å²) in [5.41, 5.74) is -1.12. The van der Waals surface area contributed by atoms with Crippen LogP contribution in [0.4, 0.5) is 13.2 Å². The van der Waals surface area contributed by atoms with Gasteiger partial charge in [-0.25, -0.2) is 4.98 Å². The van der Waals surface area contributed by atoms with Gasteiger partial charge in [0.1, 0.15) is 5.69 Å². The molecule has 0 atom stereocenters. The van der Waals surface area contributed by atoms with Crippen LogP contribution in [0.2, 0.25) is 20.1 Å². The van der Waals surface area contributed by atoms with Crippen molar-refractivity contribution in [1.82, 2.24) is 4.98 Å². The third-order valence-corrected chi connectivity index (χ3v) is 3.50. The molecule has 0 saturated carbocycles. The Balaban J connectivity index is 2.70. The van der Waals surface area contributed by atoms with Crippen LogP contribution in [-0.2, 0) is 6.18 Å². The molecule has 2 rings (SSSR count). The van der Waals surface area contributed by atoms with Crippen molar-refractivity contribution < 1.29 is 13.2 Å². The molecule has 0 bridgehead atoms. The molecule has 0 saturated heterocycles. The van der Waals surface area contributed by atoms with E-state index in [1.54, 1.807) is 0 Å². The molecule has 8 heteroatoms. The number of alkyl halides is 3. The fourth-order valence-electron chi connectivity index (χ4n) is 1.54. The predicted octanol–water partition coefficient (Wildman–Crippen LogP) is 6.38. The lowest BCUT2D eigenvalue weighted by Gasteiger charge is -2.12. The molecule has 0 spiro atoms. The van der Waals surface area contributed by atoms with Gasteiger partial charge in [-0.15, -0.1) is 0 Å². The summed E-state index contributed by atoms with van der Waals surface area (Å²) >= 11 is 23.6.